The molecule has 3 atom stereocenters. The highest BCUT2D eigenvalue weighted by molar-refractivity contribution is 6.31. The minimum Gasteiger partial charge on any atom is -0.493 e. The highest BCUT2D eigenvalue weighted by Gasteiger charge is 2.49. The summed E-state index contributed by atoms with van der Waals surface area (Å²) in [6, 6.07) is 12.5. The summed E-state index contributed by atoms with van der Waals surface area (Å²) in [5.41, 5.74) is 0.779. The molecule has 3 aliphatic rings. The maximum absolute atomic E-state index is 13.2. The number of rotatable bonds is 5. The van der Waals surface area contributed by atoms with Crippen LogP contribution in [0.25, 0.3) is 6.08 Å². The molecular formula is C26H24N2O6. The van der Waals surface area contributed by atoms with Gasteiger partial charge in [0.15, 0.2) is 11.5 Å². The SMILES string of the molecule is COc1cc(/C=C2\C(=O)NC(=O)N([C@H]3C[C@H]4CC[C@H]3C4)C2=O)ccc1OC(=O)c1ccccc1. The lowest BCUT2D eigenvalue weighted by atomic mass is 9.93. The lowest BCUT2D eigenvalue weighted by Gasteiger charge is -2.35. The van der Waals surface area contributed by atoms with Crippen LogP contribution in [0, 0.1) is 11.8 Å². The van der Waals surface area contributed by atoms with E-state index in [9.17, 15) is 19.2 Å². The molecule has 8 nitrogen and oxygen atoms in total. The zero-order chi connectivity index (χ0) is 23.8. The van der Waals surface area contributed by atoms with Gasteiger partial charge in [0.2, 0.25) is 0 Å². The van der Waals surface area contributed by atoms with Gasteiger partial charge < -0.3 is 9.47 Å². The Morgan fingerprint density at radius 3 is 2.50 bits per heavy atom. The third kappa shape index (κ3) is 3.96. The predicted octanol–water partition coefficient (Wildman–Crippen LogP) is 3.56. The van der Waals surface area contributed by atoms with Crippen LogP contribution in [0.15, 0.2) is 54.1 Å². The average Bonchev–Trinajstić information content (AvgIpc) is 3.47. The second kappa shape index (κ2) is 8.78. The van der Waals surface area contributed by atoms with Crippen molar-refractivity contribution in [3.8, 4) is 11.5 Å². The Hall–Kier alpha value is -3.94. The van der Waals surface area contributed by atoms with Crippen LogP contribution in [0.4, 0.5) is 4.79 Å². The van der Waals surface area contributed by atoms with Crippen LogP contribution < -0.4 is 14.8 Å². The van der Waals surface area contributed by atoms with Crippen LogP contribution in [0.5, 0.6) is 11.5 Å². The highest BCUT2D eigenvalue weighted by Crippen LogP contribution is 2.47. The zero-order valence-electron chi connectivity index (χ0n) is 18.7. The predicted molar refractivity (Wildman–Crippen MR) is 122 cm³/mol. The third-order valence-corrected chi connectivity index (χ3v) is 6.88. The number of fused-ring (bicyclic) bond motifs is 2. The summed E-state index contributed by atoms with van der Waals surface area (Å²) >= 11 is 0. The van der Waals surface area contributed by atoms with Gasteiger partial charge in [-0.2, -0.15) is 0 Å². The van der Waals surface area contributed by atoms with Crippen molar-refractivity contribution in [2.45, 2.75) is 31.7 Å². The Morgan fingerprint density at radius 1 is 1.03 bits per heavy atom. The molecule has 2 aliphatic carbocycles. The third-order valence-electron chi connectivity index (χ3n) is 6.88. The summed E-state index contributed by atoms with van der Waals surface area (Å²) in [5, 5.41) is 2.31. The number of urea groups is 1. The molecule has 1 saturated heterocycles. The fourth-order valence-electron chi connectivity index (χ4n) is 5.26. The molecule has 5 rings (SSSR count). The number of amides is 4. The minimum absolute atomic E-state index is 0.113. The van der Waals surface area contributed by atoms with Crippen LogP contribution in [0.3, 0.4) is 0 Å². The van der Waals surface area contributed by atoms with Crippen LogP contribution >= 0.6 is 0 Å². The summed E-state index contributed by atoms with van der Waals surface area (Å²) in [6.45, 7) is 0. The number of hydrogen-bond acceptors (Lipinski definition) is 6. The molecule has 2 saturated carbocycles. The van der Waals surface area contributed by atoms with Crippen molar-refractivity contribution >= 4 is 29.9 Å². The van der Waals surface area contributed by atoms with Gasteiger partial charge in [0.1, 0.15) is 5.57 Å². The van der Waals surface area contributed by atoms with Crippen molar-refractivity contribution < 1.29 is 28.7 Å². The number of nitrogens with one attached hydrogen (secondary N) is 1. The summed E-state index contributed by atoms with van der Waals surface area (Å²) in [4.78, 5) is 51.9. The van der Waals surface area contributed by atoms with Crippen molar-refractivity contribution in [3.05, 3.63) is 65.2 Å². The maximum atomic E-state index is 13.2. The van der Waals surface area contributed by atoms with Gasteiger partial charge in [-0.3, -0.25) is 19.8 Å². The summed E-state index contributed by atoms with van der Waals surface area (Å²) in [6.07, 6.45) is 5.37. The van der Waals surface area contributed by atoms with Gasteiger partial charge in [-0.1, -0.05) is 30.7 Å². The van der Waals surface area contributed by atoms with E-state index in [2.05, 4.69) is 5.32 Å². The molecule has 3 fully saturated rings. The fraction of sp³-hybridized carbons (Fsp3) is 0.308. The van der Waals surface area contributed by atoms with Gasteiger partial charge in [-0.25, -0.2) is 9.59 Å². The average molecular weight is 460 g/mol. The number of hydrogen-bond donors (Lipinski definition) is 1. The molecular weight excluding hydrogens is 436 g/mol. The smallest absolute Gasteiger partial charge is 0.343 e. The number of carbonyl (C=O) groups excluding carboxylic acids is 4. The lowest BCUT2D eigenvalue weighted by molar-refractivity contribution is -0.132. The van der Waals surface area contributed by atoms with Gasteiger partial charge in [-0.05, 0) is 67.0 Å². The second-order valence-electron chi connectivity index (χ2n) is 8.90. The first kappa shape index (κ1) is 21.9. The summed E-state index contributed by atoms with van der Waals surface area (Å²) in [5.74, 6) is -0.534. The van der Waals surface area contributed by atoms with Crippen LogP contribution in [0.1, 0.15) is 41.6 Å². The van der Waals surface area contributed by atoms with Crippen LogP contribution in [-0.2, 0) is 9.59 Å². The quantitative estimate of drug-likeness (QED) is 0.317. The first-order valence-corrected chi connectivity index (χ1v) is 11.3. The molecule has 2 bridgehead atoms. The van der Waals surface area contributed by atoms with E-state index in [0.29, 0.717) is 23.0 Å². The molecule has 1 heterocycles. The molecule has 2 aromatic carbocycles. The molecule has 1 aliphatic heterocycles. The zero-order valence-corrected chi connectivity index (χ0v) is 18.7. The Labute approximate surface area is 196 Å². The van der Waals surface area contributed by atoms with E-state index in [0.717, 1.165) is 25.7 Å². The number of barbiturate groups is 1. The molecule has 8 heteroatoms. The first-order chi connectivity index (χ1) is 16.4. The van der Waals surface area contributed by atoms with E-state index in [1.54, 1.807) is 42.5 Å². The van der Waals surface area contributed by atoms with Gasteiger partial charge in [0, 0.05) is 6.04 Å². The van der Waals surface area contributed by atoms with Crippen molar-refractivity contribution in [3.63, 3.8) is 0 Å². The van der Waals surface area contributed by atoms with Crippen molar-refractivity contribution in [1.29, 1.82) is 0 Å². The summed E-state index contributed by atoms with van der Waals surface area (Å²) < 4.78 is 10.8. The number of imide groups is 2. The van der Waals surface area contributed by atoms with E-state index in [1.807, 2.05) is 0 Å². The molecule has 0 radical (unpaired) electrons. The van der Waals surface area contributed by atoms with Gasteiger partial charge in [-0.15, -0.1) is 0 Å². The van der Waals surface area contributed by atoms with Crippen LogP contribution in [0.2, 0.25) is 0 Å². The second-order valence-corrected chi connectivity index (χ2v) is 8.90. The molecule has 34 heavy (non-hydrogen) atoms. The Morgan fingerprint density at radius 2 is 1.82 bits per heavy atom. The van der Waals surface area contributed by atoms with Crippen molar-refractivity contribution in [2.75, 3.05) is 7.11 Å². The molecule has 0 aromatic heterocycles. The van der Waals surface area contributed by atoms with Crippen molar-refractivity contribution in [2.24, 2.45) is 11.8 Å². The van der Waals surface area contributed by atoms with E-state index < -0.39 is 23.8 Å². The van der Waals surface area contributed by atoms with E-state index in [1.165, 1.54) is 24.2 Å². The number of esters is 1. The Bertz CT molecular complexity index is 1210. The lowest BCUT2D eigenvalue weighted by Crippen LogP contribution is -2.58. The molecule has 2 aromatic rings. The molecule has 4 amide bonds. The fourth-order valence-corrected chi connectivity index (χ4v) is 5.26. The Balaban J connectivity index is 1.39. The van der Waals surface area contributed by atoms with E-state index >= 15 is 0 Å². The topological polar surface area (TPSA) is 102 Å². The molecule has 0 spiro atoms. The monoisotopic (exact) mass is 460 g/mol. The van der Waals surface area contributed by atoms with E-state index in [-0.39, 0.29) is 23.1 Å². The maximum Gasteiger partial charge on any atom is 0.343 e. The molecule has 174 valence electrons. The number of carbonyl (C=O) groups is 4. The normalized spacial score (nSPS) is 25.0. The van der Waals surface area contributed by atoms with Gasteiger partial charge in [0.05, 0.1) is 12.7 Å². The van der Waals surface area contributed by atoms with Crippen LogP contribution in [-0.4, -0.2) is 41.9 Å². The first-order valence-electron chi connectivity index (χ1n) is 11.3. The molecule has 0 unspecified atom stereocenters. The van der Waals surface area contributed by atoms with Gasteiger partial charge in [0.25, 0.3) is 11.8 Å². The number of nitrogens with zero attached hydrogens (tertiary/aromatic N) is 1. The van der Waals surface area contributed by atoms with Gasteiger partial charge >= 0.3 is 12.0 Å². The number of ether oxygens (including phenoxy) is 2. The minimum atomic E-state index is -0.729. The highest BCUT2D eigenvalue weighted by atomic mass is 16.6. The number of methoxy groups -OCH3 is 1. The molecule has 1 N–H and O–H groups in total. The standard InChI is InChI=1S/C26H24N2O6/c1-33-22-14-16(8-10-21(22)34-25(31)17-5-3-2-4-6-17)12-19-23(29)27-26(32)28(24(19)30)20-13-15-7-9-18(20)11-15/h2-6,8,10,12,14-15,18,20H,7,9,11,13H2,1H3,(H,27,29,32)/b19-12+/t15-,18-,20-/m0/s1. The largest absolute Gasteiger partial charge is 0.493 e. The number of benzene rings is 2. The Kier molecular flexibility index (Phi) is 5.65. The summed E-state index contributed by atoms with van der Waals surface area (Å²) in [7, 11) is 1.43. The van der Waals surface area contributed by atoms with E-state index in [4.69, 9.17) is 9.47 Å². The van der Waals surface area contributed by atoms with Crippen molar-refractivity contribution in [1.82, 2.24) is 10.2 Å².